The molecule has 0 aromatic heterocycles. The number of Topliss-reactive ketones (excluding diaryl/α,β-unsaturated/α-hetero) is 2. The van der Waals surface area contributed by atoms with E-state index in [-0.39, 0.29) is 29.8 Å². The zero-order valence-corrected chi connectivity index (χ0v) is 8.51. The van der Waals surface area contributed by atoms with Crippen LogP contribution in [0.2, 0.25) is 0 Å². The third-order valence-electron chi connectivity index (χ3n) is 2.99. The summed E-state index contributed by atoms with van der Waals surface area (Å²) in [5, 5.41) is 0. The highest BCUT2D eigenvalue weighted by Crippen LogP contribution is 2.29. The average molecular weight is 182 g/mol. The van der Waals surface area contributed by atoms with Crippen molar-refractivity contribution in [2.24, 2.45) is 11.8 Å². The molecule has 1 fully saturated rings. The van der Waals surface area contributed by atoms with Crippen molar-refractivity contribution >= 4 is 11.6 Å². The summed E-state index contributed by atoms with van der Waals surface area (Å²) < 4.78 is 0. The van der Waals surface area contributed by atoms with Crippen molar-refractivity contribution in [3.8, 4) is 0 Å². The van der Waals surface area contributed by atoms with E-state index in [0.717, 1.165) is 12.8 Å². The topological polar surface area (TPSA) is 34.1 Å². The molecular formula is C11H18O2. The van der Waals surface area contributed by atoms with Gasteiger partial charge in [0.15, 0.2) is 0 Å². The highest BCUT2D eigenvalue weighted by atomic mass is 16.2. The Bertz CT molecular complexity index is 208. The van der Waals surface area contributed by atoms with E-state index in [1.54, 1.807) is 0 Å². The SMILES string of the molecule is CCCCCC1C(=O)CC(=O)C1C. The Kier molecular flexibility index (Phi) is 3.64. The fourth-order valence-electron chi connectivity index (χ4n) is 1.99. The minimum Gasteiger partial charge on any atom is -0.299 e. The lowest BCUT2D eigenvalue weighted by atomic mass is 9.91. The van der Waals surface area contributed by atoms with Crippen LogP contribution in [0, 0.1) is 11.8 Å². The van der Waals surface area contributed by atoms with E-state index in [2.05, 4.69) is 6.92 Å². The van der Waals surface area contributed by atoms with Crippen molar-refractivity contribution in [1.82, 2.24) is 0 Å². The van der Waals surface area contributed by atoms with E-state index in [4.69, 9.17) is 0 Å². The lowest BCUT2D eigenvalue weighted by Crippen LogP contribution is -2.14. The van der Waals surface area contributed by atoms with E-state index >= 15 is 0 Å². The van der Waals surface area contributed by atoms with Gasteiger partial charge in [-0.2, -0.15) is 0 Å². The lowest BCUT2D eigenvalue weighted by Gasteiger charge is -2.11. The second kappa shape index (κ2) is 4.54. The van der Waals surface area contributed by atoms with Crippen LogP contribution in [-0.4, -0.2) is 11.6 Å². The summed E-state index contributed by atoms with van der Waals surface area (Å²) in [5.41, 5.74) is 0. The molecule has 0 amide bonds. The van der Waals surface area contributed by atoms with Crippen molar-refractivity contribution < 1.29 is 9.59 Å². The first-order valence-corrected chi connectivity index (χ1v) is 5.22. The van der Waals surface area contributed by atoms with Gasteiger partial charge in [0.2, 0.25) is 0 Å². The Morgan fingerprint density at radius 1 is 1.23 bits per heavy atom. The van der Waals surface area contributed by atoms with Crippen LogP contribution >= 0.6 is 0 Å². The summed E-state index contributed by atoms with van der Waals surface area (Å²) in [7, 11) is 0. The van der Waals surface area contributed by atoms with E-state index < -0.39 is 0 Å². The van der Waals surface area contributed by atoms with Crippen molar-refractivity contribution in [3.05, 3.63) is 0 Å². The number of rotatable bonds is 4. The predicted molar refractivity (Wildman–Crippen MR) is 51.4 cm³/mol. The van der Waals surface area contributed by atoms with Crippen LogP contribution < -0.4 is 0 Å². The van der Waals surface area contributed by atoms with Gasteiger partial charge in [-0.15, -0.1) is 0 Å². The molecule has 0 aliphatic heterocycles. The van der Waals surface area contributed by atoms with E-state index in [0.29, 0.717) is 0 Å². The van der Waals surface area contributed by atoms with Gasteiger partial charge in [0.25, 0.3) is 0 Å². The molecule has 2 nitrogen and oxygen atoms in total. The number of hydrogen-bond acceptors (Lipinski definition) is 2. The first kappa shape index (κ1) is 10.4. The first-order valence-electron chi connectivity index (χ1n) is 5.22. The van der Waals surface area contributed by atoms with Gasteiger partial charge >= 0.3 is 0 Å². The predicted octanol–water partition coefficient (Wildman–Crippen LogP) is 2.36. The average Bonchev–Trinajstić information content (AvgIpc) is 2.32. The van der Waals surface area contributed by atoms with Gasteiger partial charge < -0.3 is 0 Å². The summed E-state index contributed by atoms with van der Waals surface area (Å²) in [6, 6.07) is 0. The minimum atomic E-state index is -0.00986. The third kappa shape index (κ3) is 2.39. The molecule has 1 aliphatic carbocycles. The monoisotopic (exact) mass is 182 g/mol. The Balaban J connectivity index is 2.40. The molecule has 0 aromatic rings. The highest BCUT2D eigenvalue weighted by Gasteiger charge is 2.37. The van der Waals surface area contributed by atoms with Crippen molar-refractivity contribution in [1.29, 1.82) is 0 Å². The zero-order chi connectivity index (χ0) is 9.84. The number of ketones is 2. The summed E-state index contributed by atoms with van der Waals surface area (Å²) in [6.07, 6.45) is 4.54. The number of carbonyl (C=O) groups excluding carboxylic acids is 2. The van der Waals surface area contributed by atoms with Gasteiger partial charge in [-0.1, -0.05) is 33.1 Å². The fourth-order valence-corrected chi connectivity index (χ4v) is 1.99. The van der Waals surface area contributed by atoms with Gasteiger partial charge in [-0.25, -0.2) is 0 Å². The quantitative estimate of drug-likeness (QED) is 0.494. The van der Waals surface area contributed by atoms with Crippen LogP contribution in [0.3, 0.4) is 0 Å². The molecule has 0 heterocycles. The molecule has 2 heteroatoms. The zero-order valence-electron chi connectivity index (χ0n) is 8.51. The molecule has 0 spiro atoms. The van der Waals surface area contributed by atoms with Crippen molar-refractivity contribution in [2.75, 3.05) is 0 Å². The summed E-state index contributed by atoms with van der Waals surface area (Å²) >= 11 is 0. The summed E-state index contributed by atoms with van der Waals surface area (Å²) in [6.45, 7) is 4.04. The standard InChI is InChI=1S/C11H18O2/c1-3-4-5-6-9-8(2)10(12)7-11(9)13/h8-9H,3-7H2,1-2H3. The van der Waals surface area contributed by atoms with Crippen LogP contribution in [0.4, 0.5) is 0 Å². The fraction of sp³-hybridized carbons (Fsp3) is 0.818. The smallest absolute Gasteiger partial charge is 0.144 e. The Morgan fingerprint density at radius 2 is 1.92 bits per heavy atom. The van der Waals surface area contributed by atoms with Gasteiger partial charge in [0, 0.05) is 11.8 Å². The van der Waals surface area contributed by atoms with Crippen molar-refractivity contribution in [2.45, 2.75) is 46.0 Å². The highest BCUT2D eigenvalue weighted by molar-refractivity contribution is 6.08. The normalized spacial score (nSPS) is 28.5. The van der Waals surface area contributed by atoms with Gasteiger partial charge in [0.1, 0.15) is 11.6 Å². The molecule has 0 radical (unpaired) electrons. The Hall–Kier alpha value is -0.660. The van der Waals surface area contributed by atoms with Crippen LogP contribution in [0.25, 0.3) is 0 Å². The van der Waals surface area contributed by atoms with E-state index in [9.17, 15) is 9.59 Å². The molecule has 0 aromatic carbocycles. The van der Waals surface area contributed by atoms with Gasteiger partial charge in [-0.05, 0) is 6.42 Å². The molecule has 0 N–H and O–H groups in total. The largest absolute Gasteiger partial charge is 0.299 e. The summed E-state index contributed by atoms with van der Waals surface area (Å²) in [4.78, 5) is 22.6. The maximum Gasteiger partial charge on any atom is 0.144 e. The van der Waals surface area contributed by atoms with E-state index in [1.807, 2.05) is 6.92 Å². The minimum absolute atomic E-state index is 0.00986. The first-order chi connectivity index (χ1) is 6.16. The molecule has 1 rings (SSSR count). The Morgan fingerprint density at radius 3 is 2.38 bits per heavy atom. The molecule has 0 bridgehead atoms. The van der Waals surface area contributed by atoms with Gasteiger partial charge in [-0.3, -0.25) is 9.59 Å². The van der Waals surface area contributed by atoms with E-state index in [1.165, 1.54) is 12.8 Å². The maximum absolute atomic E-state index is 11.4. The van der Waals surface area contributed by atoms with Crippen molar-refractivity contribution in [3.63, 3.8) is 0 Å². The molecule has 0 saturated heterocycles. The second-order valence-corrected chi connectivity index (χ2v) is 4.00. The number of carbonyl (C=O) groups is 2. The molecule has 1 saturated carbocycles. The van der Waals surface area contributed by atoms with Gasteiger partial charge in [0.05, 0.1) is 6.42 Å². The Labute approximate surface area is 79.7 Å². The third-order valence-corrected chi connectivity index (χ3v) is 2.99. The second-order valence-electron chi connectivity index (χ2n) is 4.00. The summed E-state index contributed by atoms with van der Waals surface area (Å²) in [5.74, 6) is 0.350. The van der Waals surface area contributed by atoms with Crippen LogP contribution in [0.5, 0.6) is 0 Å². The molecule has 2 unspecified atom stereocenters. The van der Waals surface area contributed by atoms with Crippen LogP contribution in [-0.2, 0) is 9.59 Å². The van der Waals surface area contributed by atoms with Crippen LogP contribution in [0.1, 0.15) is 46.0 Å². The maximum atomic E-state index is 11.4. The van der Waals surface area contributed by atoms with Crippen LogP contribution in [0.15, 0.2) is 0 Å². The number of hydrogen-bond donors (Lipinski definition) is 0. The molecule has 13 heavy (non-hydrogen) atoms. The molecule has 1 aliphatic rings. The number of unbranched alkanes of at least 4 members (excludes halogenated alkanes) is 2. The molecular weight excluding hydrogens is 164 g/mol. The molecule has 74 valence electrons. The molecule has 2 atom stereocenters. The lowest BCUT2D eigenvalue weighted by molar-refractivity contribution is -0.122.